The van der Waals surface area contributed by atoms with E-state index in [1.807, 2.05) is 28.0 Å². The van der Waals surface area contributed by atoms with Crippen molar-refractivity contribution < 1.29 is 9.59 Å². The molecule has 0 aliphatic carbocycles. The van der Waals surface area contributed by atoms with Gasteiger partial charge in [-0.25, -0.2) is 0 Å². The molecule has 1 aromatic carbocycles. The zero-order chi connectivity index (χ0) is 20.2. The first-order valence-electron chi connectivity index (χ1n) is 10.2. The van der Waals surface area contributed by atoms with Crippen molar-refractivity contribution in [2.45, 2.75) is 19.3 Å². The smallest absolute Gasteiger partial charge is 0.271 e. The standard InChI is InChI=1S/C21H26ClN5O2/c22-17-7-2-1-6-16(17)18-14-19(24-23-18)21(29)27-11-5-8-25(12-13-27)15-20(28)26-9-3-4-10-26/h1-2,6-7,14H,3-5,8-13,15H2,(H,23,24). The topological polar surface area (TPSA) is 72.5 Å². The molecule has 0 spiro atoms. The number of hydrogen-bond acceptors (Lipinski definition) is 4. The van der Waals surface area contributed by atoms with Crippen molar-refractivity contribution >= 4 is 23.4 Å². The highest BCUT2D eigenvalue weighted by atomic mass is 35.5. The maximum Gasteiger partial charge on any atom is 0.271 e. The van der Waals surface area contributed by atoms with E-state index in [2.05, 4.69) is 15.1 Å². The Morgan fingerprint density at radius 1 is 0.966 bits per heavy atom. The number of rotatable bonds is 4. The molecule has 7 nitrogen and oxygen atoms in total. The summed E-state index contributed by atoms with van der Waals surface area (Å²) in [6, 6.07) is 9.20. The van der Waals surface area contributed by atoms with E-state index in [1.165, 1.54) is 0 Å². The third-order valence-electron chi connectivity index (χ3n) is 5.65. The van der Waals surface area contributed by atoms with Crippen molar-refractivity contribution in [2.24, 2.45) is 0 Å². The number of hydrogen-bond donors (Lipinski definition) is 1. The maximum absolute atomic E-state index is 12.9. The molecule has 3 heterocycles. The lowest BCUT2D eigenvalue weighted by Crippen LogP contribution is -2.41. The molecule has 1 N–H and O–H groups in total. The first-order valence-corrected chi connectivity index (χ1v) is 10.6. The molecule has 0 unspecified atom stereocenters. The molecular weight excluding hydrogens is 390 g/mol. The molecule has 2 amide bonds. The molecule has 0 bridgehead atoms. The number of likely N-dealkylation sites (tertiary alicyclic amines) is 1. The molecule has 8 heteroatoms. The molecule has 29 heavy (non-hydrogen) atoms. The van der Waals surface area contributed by atoms with Crippen LogP contribution in [0.15, 0.2) is 30.3 Å². The summed E-state index contributed by atoms with van der Waals surface area (Å²) in [6.07, 6.45) is 3.06. The van der Waals surface area contributed by atoms with Gasteiger partial charge in [0, 0.05) is 44.8 Å². The summed E-state index contributed by atoms with van der Waals surface area (Å²) in [6.45, 7) is 5.02. The highest BCUT2D eigenvalue weighted by Gasteiger charge is 2.25. The Bertz CT molecular complexity index is 877. The SMILES string of the molecule is O=C(CN1CCCN(C(=O)c2cc(-c3ccccc3Cl)n[nH]2)CC1)N1CCCC1. The number of nitrogens with zero attached hydrogens (tertiary/aromatic N) is 4. The van der Waals surface area contributed by atoms with Crippen LogP contribution in [0.3, 0.4) is 0 Å². The van der Waals surface area contributed by atoms with Crippen LogP contribution in [-0.4, -0.2) is 82.5 Å². The molecule has 2 fully saturated rings. The quantitative estimate of drug-likeness (QED) is 0.832. The molecule has 0 saturated carbocycles. The zero-order valence-corrected chi connectivity index (χ0v) is 17.2. The fraction of sp³-hybridized carbons (Fsp3) is 0.476. The van der Waals surface area contributed by atoms with Crippen LogP contribution < -0.4 is 0 Å². The minimum atomic E-state index is -0.0662. The van der Waals surface area contributed by atoms with Crippen LogP contribution in [-0.2, 0) is 4.79 Å². The van der Waals surface area contributed by atoms with Crippen molar-refractivity contribution in [1.29, 1.82) is 0 Å². The van der Waals surface area contributed by atoms with E-state index in [0.717, 1.165) is 44.5 Å². The number of carbonyl (C=O) groups excluding carboxylic acids is 2. The van der Waals surface area contributed by atoms with Crippen LogP contribution in [0.2, 0.25) is 5.02 Å². The van der Waals surface area contributed by atoms with Gasteiger partial charge in [0.15, 0.2) is 0 Å². The Labute approximate surface area is 175 Å². The van der Waals surface area contributed by atoms with Crippen molar-refractivity contribution in [3.05, 3.63) is 41.0 Å². The second-order valence-corrected chi connectivity index (χ2v) is 8.06. The van der Waals surface area contributed by atoms with Crippen molar-refractivity contribution in [2.75, 3.05) is 45.8 Å². The van der Waals surface area contributed by atoms with Gasteiger partial charge in [0.1, 0.15) is 5.69 Å². The number of carbonyl (C=O) groups is 2. The van der Waals surface area contributed by atoms with Gasteiger partial charge in [0.05, 0.1) is 17.3 Å². The second-order valence-electron chi connectivity index (χ2n) is 7.66. The lowest BCUT2D eigenvalue weighted by atomic mass is 10.1. The molecule has 2 aliphatic heterocycles. The molecular formula is C21H26ClN5O2. The fourth-order valence-electron chi connectivity index (χ4n) is 4.00. The van der Waals surface area contributed by atoms with Crippen LogP contribution in [0.5, 0.6) is 0 Å². The summed E-state index contributed by atoms with van der Waals surface area (Å²) in [5, 5.41) is 7.73. The van der Waals surface area contributed by atoms with Crippen molar-refractivity contribution in [3.63, 3.8) is 0 Å². The van der Waals surface area contributed by atoms with Gasteiger partial charge in [-0.3, -0.25) is 19.6 Å². The van der Waals surface area contributed by atoms with E-state index >= 15 is 0 Å². The molecule has 0 radical (unpaired) electrons. The van der Waals surface area contributed by atoms with Crippen LogP contribution in [0.1, 0.15) is 29.8 Å². The van der Waals surface area contributed by atoms with Gasteiger partial charge < -0.3 is 9.80 Å². The molecule has 1 aromatic heterocycles. The van der Waals surface area contributed by atoms with Gasteiger partial charge in [-0.2, -0.15) is 5.10 Å². The lowest BCUT2D eigenvalue weighted by Gasteiger charge is -2.23. The Morgan fingerprint density at radius 3 is 2.52 bits per heavy atom. The van der Waals surface area contributed by atoms with Crippen LogP contribution in [0.4, 0.5) is 0 Å². The normalized spacial score (nSPS) is 18.1. The third-order valence-corrected chi connectivity index (χ3v) is 5.98. The summed E-state index contributed by atoms with van der Waals surface area (Å²) in [5.74, 6) is 0.142. The van der Waals surface area contributed by atoms with Gasteiger partial charge in [-0.1, -0.05) is 29.8 Å². The molecule has 0 atom stereocenters. The minimum absolute atomic E-state index is 0.0662. The molecule has 154 valence electrons. The summed E-state index contributed by atoms with van der Waals surface area (Å²) in [4.78, 5) is 31.3. The average molecular weight is 416 g/mol. The predicted molar refractivity (Wildman–Crippen MR) is 112 cm³/mol. The summed E-state index contributed by atoms with van der Waals surface area (Å²) >= 11 is 6.24. The fourth-order valence-corrected chi connectivity index (χ4v) is 4.23. The van der Waals surface area contributed by atoms with Crippen LogP contribution >= 0.6 is 11.6 Å². The number of aromatic amines is 1. The number of nitrogens with one attached hydrogen (secondary N) is 1. The average Bonchev–Trinajstić information content (AvgIpc) is 3.38. The van der Waals surface area contributed by atoms with Crippen LogP contribution in [0.25, 0.3) is 11.3 Å². The lowest BCUT2D eigenvalue weighted by molar-refractivity contribution is -0.131. The first kappa shape index (κ1) is 19.9. The van der Waals surface area contributed by atoms with Crippen molar-refractivity contribution in [1.82, 2.24) is 24.9 Å². The van der Waals surface area contributed by atoms with E-state index in [4.69, 9.17) is 11.6 Å². The first-order chi connectivity index (χ1) is 14.1. The van der Waals surface area contributed by atoms with Crippen LogP contribution in [0, 0.1) is 0 Å². The van der Waals surface area contributed by atoms with Gasteiger partial charge in [0.25, 0.3) is 5.91 Å². The number of aromatic nitrogens is 2. The Kier molecular flexibility index (Phi) is 6.16. The summed E-state index contributed by atoms with van der Waals surface area (Å²) in [5.41, 5.74) is 1.92. The van der Waals surface area contributed by atoms with E-state index in [9.17, 15) is 9.59 Å². The molecule has 2 saturated heterocycles. The maximum atomic E-state index is 12.9. The van der Waals surface area contributed by atoms with E-state index in [-0.39, 0.29) is 11.8 Å². The Morgan fingerprint density at radius 2 is 1.72 bits per heavy atom. The van der Waals surface area contributed by atoms with E-state index in [1.54, 1.807) is 12.1 Å². The van der Waals surface area contributed by atoms with Gasteiger partial charge in [0.2, 0.25) is 5.91 Å². The number of benzene rings is 1. The Hall–Kier alpha value is -2.38. The molecule has 4 rings (SSSR count). The van der Waals surface area contributed by atoms with Gasteiger partial charge in [-0.05, 0) is 31.4 Å². The largest absolute Gasteiger partial charge is 0.342 e. The summed E-state index contributed by atoms with van der Waals surface area (Å²) in [7, 11) is 0. The second kappa shape index (κ2) is 8.97. The highest BCUT2D eigenvalue weighted by Crippen LogP contribution is 2.26. The zero-order valence-electron chi connectivity index (χ0n) is 16.4. The van der Waals surface area contributed by atoms with E-state index in [0.29, 0.717) is 42.6 Å². The minimum Gasteiger partial charge on any atom is -0.342 e. The van der Waals surface area contributed by atoms with Gasteiger partial charge >= 0.3 is 0 Å². The van der Waals surface area contributed by atoms with E-state index < -0.39 is 0 Å². The Balaban J connectivity index is 1.36. The van der Waals surface area contributed by atoms with Gasteiger partial charge in [-0.15, -0.1) is 0 Å². The monoisotopic (exact) mass is 415 g/mol. The third kappa shape index (κ3) is 4.62. The number of amides is 2. The summed E-state index contributed by atoms with van der Waals surface area (Å²) < 4.78 is 0. The molecule has 2 aromatic rings. The molecule has 2 aliphatic rings. The van der Waals surface area contributed by atoms with Crippen molar-refractivity contribution in [3.8, 4) is 11.3 Å². The predicted octanol–water partition coefficient (Wildman–Crippen LogP) is 2.50. The number of H-pyrrole nitrogens is 1. The number of halogens is 1. The highest BCUT2D eigenvalue weighted by molar-refractivity contribution is 6.33.